The Morgan fingerprint density at radius 3 is 2.50 bits per heavy atom. The lowest BCUT2D eigenvalue weighted by atomic mass is 10.0. The number of rotatable bonds is 5. The predicted octanol–water partition coefficient (Wildman–Crippen LogP) is 1.96. The molecule has 0 fully saturated rings. The molecule has 0 bridgehead atoms. The number of aromatic nitrogens is 2. The lowest BCUT2D eigenvalue weighted by molar-refractivity contribution is 0.509. The van der Waals surface area contributed by atoms with Gasteiger partial charge in [-0.25, -0.2) is 9.97 Å². The fourth-order valence-corrected chi connectivity index (χ4v) is 1.57. The third-order valence-electron chi connectivity index (χ3n) is 2.48. The van der Waals surface area contributed by atoms with E-state index in [1.807, 2.05) is 0 Å². The van der Waals surface area contributed by atoms with Gasteiger partial charge in [0.15, 0.2) is 0 Å². The average Bonchev–Trinajstić information content (AvgIpc) is 2.26. The Morgan fingerprint density at radius 1 is 1.44 bits per heavy atom. The van der Waals surface area contributed by atoms with Crippen molar-refractivity contribution in [1.29, 1.82) is 0 Å². The molecule has 4 nitrogen and oxygen atoms in total. The van der Waals surface area contributed by atoms with Crippen LogP contribution in [0, 0.1) is 5.92 Å². The summed E-state index contributed by atoms with van der Waals surface area (Å²) in [4.78, 5) is 8.64. The Balaban J connectivity index is 2.71. The molecule has 5 heteroatoms. The highest BCUT2D eigenvalue weighted by molar-refractivity contribution is 7.80. The van der Waals surface area contributed by atoms with E-state index in [9.17, 15) is 0 Å². The first-order chi connectivity index (χ1) is 7.54. The van der Waals surface area contributed by atoms with Crippen LogP contribution in [0.1, 0.15) is 32.9 Å². The molecule has 0 aromatic carbocycles. The maximum atomic E-state index is 5.45. The summed E-state index contributed by atoms with van der Waals surface area (Å²) in [5, 5.41) is 3.34. The number of nitrogens with zero attached hydrogens (tertiary/aromatic N) is 2. The fourth-order valence-electron chi connectivity index (χ4n) is 1.46. The van der Waals surface area contributed by atoms with Gasteiger partial charge < -0.3 is 11.1 Å². The van der Waals surface area contributed by atoms with Crippen LogP contribution < -0.4 is 11.1 Å². The van der Waals surface area contributed by atoms with Crippen LogP contribution in [0.2, 0.25) is 0 Å². The second-order valence-electron chi connectivity index (χ2n) is 4.05. The molecule has 0 saturated heterocycles. The van der Waals surface area contributed by atoms with Crippen molar-refractivity contribution in [2.24, 2.45) is 11.7 Å². The minimum atomic E-state index is 0.273. The predicted molar refractivity (Wildman–Crippen MR) is 70.5 cm³/mol. The average molecular weight is 238 g/mol. The summed E-state index contributed by atoms with van der Waals surface area (Å²) in [6, 6.07) is 0.407. The Morgan fingerprint density at radius 2 is 2.12 bits per heavy atom. The molecule has 0 aliphatic rings. The maximum Gasteiger partial charge on any atom is 0.144 e. The van der Waals surface area contributed by atoms with Crippen LogP contribution in [0.25, 0.3) is 0 Å². The Labute approximate surface area is 102 Å². The van der Waals surface area contributed by atoms with Gasteiger partial charge in [-0.05, 0) is 12.3 Å². The fraction of sp³-hybridized carbons (Fsp3) is 0.545. The van der Waals surface area contributed by atoms with Gasteiger partial charge in [0.25, 0.3) is 0 Å². The summed E-state index contributed by atoms with van der Waals surface area (Å²) in [6.45, 7) is 6.50. The van der Waals surface area contributed by atoms with Gasteiger partial charge in [-0.2, -0.15) is 0 Å². The Hall–Kier alpha value is -1.23. The molecule has 16 heavy (non-hydrogen) atoms. The molecule has 0 spiro atoms. The van der Waals surface area contributed by atoms with Crippen molar-refractivity contribution < 1.29 is 0 Å². The van der Waals surface area contributed by atoms with Crippen LogP contribution in [0.15, 0.2) is 12.4 Å². The highest BCUT2D eigenvalue weighted by atomic mass is 32.1. The van der Waals surface area contributed by atoms with Crippen LogP contribution in [0.4, 0.5) is 5.82 Å². The maximum absolute atomic E-state index is 5.45. The topological polar surface area (TPSA) is 63.8 Å². The number of hydrogen-bond donors (Lipinski definition) is 2. The van der Waals surface area contributed by atoms with Crippen molar-refractivity contribution in [3.05, 3.63) is 18.1 Å². The number of nitrogens with two attached hydrogens (primary N) is 1. The summed E-state index contributed by atoms with van der Waals surface area (Å²) >= 11 is 4.81. The van der Waals surface area contributed by atoms with Gasteiger partial charge in [0.2, 0.25) is 0 Å². The molecule has 1 atom stereocenters. The summed E-state index contributed by atoms with van der Waals surface area (Å²) in [6.07, 6.45) is 4.31. The molecule has 0 saturated carbocycles. The summed E-state index contributed by atoms with van der Waals surface area (Å²) in [5.41, 5.74) is 6.00. The molecule has 1 unspecified atom stereocenters. The van der Waals surface area contributed by atoms with E-state index in [2.05, 4.69) is 36.1 Å². The number of thiocarbonyl (C=S) groups is 1. The molecule has 1 heterocycles. The first kappa shape index (κ1) is 12.8. The number of hydrogen-bond acceptors (Lipinski definition) is 4. The third kappa shape index (κ3) is 3.41. The molecule has 0 amide bonds. The SMILES string of the molecule is CCC(Nc1cnc(C(N)=S)cn1)C(C)C. The second kappa shape index (κ2) is 5.75. The van der Waals surface area contributed by atoms with E-state index in [-0.39, 0.29) is 4.99 Å². The van der Waals surface area contributed by atoms with Gasteiger partial charge in [0, 0.05) is 6.04 Å². The van der Waals surface area contributed by atoms with Crippen molar-refractivity contribution in [3.8, 4) is 0 Å². The van der Waals surface area contributed by atoms with Gasteiger partial charge in [0.1, 0.15) is 16.5 Å². The monoisotopic (exact) mass is 238 g/mol. The standard InChI is InChI=1S/C11H18N4S/c1-4-8(7(2)3)15-10-6-13-9(5-14-10)11(12)16/h5-8H,4H2,1-3H3,(H2,12,16)(H,14,15). The summed E-state index contributed by atoms with van der Waals surface area (Å²) in [7, 11) is 0. The van der Waals surface area contributed by atoms with E-state index in [4.69, 9.17) is 18.0 Å². The molecule has 0 radical (unpaired) electrons. The molecule has 3 N–H and O–H groups in total. The highest BCUT2D eigenvalue weighted by Crippen LogP contribution is 2.12. The van der Waals surface area contributed by atoms with Crippen molar-refractivity contribution in [2.75, 3.05) is 5.32 Å². The quantitative estimate of drug-likeness (QED) is 0.768. The number of nitrogens with one attached hydrogen (secondary N) is 1. The first-order valence-corrected chi connectivity index (χ1v) is 5.83. The van der Waals surface area contributed by atoms with Crippen LogP contribution in [-0.4, -0.2) is 21.0 Å². The van der Waals surface area contributed by atoms with Crippen LogP contribution in [0.3, 0.4) is 0 Å². The Bertz CT molecular complexity index is 348. The molecule has 88 valence electrons. The van der Waals surface area contributed by atoms with Crippen LogP contribution in [0.5, 0.6) is 0 Å². The molecular weight excluding hydrogens is 220 g/mol. The minimum Gasteiger partial charge on any atom is -0.388 e. The van der Waals surface area contributed by atoms with E-state index in [1.54, 1.807) is 12.4 Å². The summed E-state index contributed by atoms with van der Waals surface area (Å²) < 4.78 is 0. The normalized spacial score (nSPS) is 12.5. The molecule has 1 rings (SSSR count). The molecule has 1 aromatic rings. The van der Waals surface area contributed by atoms with Gasteiger partial charge in [0.05, 0.1) is 12.4 Å². The van der Waals surface area contributed by atoms with Crippen molar-refractivity contribution in [3.63, 3.8) is 0 Å². The molecular formula is C11H18N4S. The van der Waals surface area contributed by atoms with Crippen LogP contribution in [-0.2, 0) is 0 Å². The largest absolute Gasteiger partial charge is 0.388 e. The van der Waals surface area contributed by atoms with Gasteiger partial charge in [-0.1, -0.05) is 33.0 Å². The lowest BCUT2D eigenvalue weighted by Gasteiger charge is -2.20. The van der Waals surface area contributed by atoms with Crippen molar-refractivity contribution >= 4 is 23.0 Å². The van der Waals surface area contributed by atoms with E-state index in [0.29, 0.717) is 17.7 Å². The zero-order chi connectivity index (χ0) is 12.1. The van der Waals surface area contributed by atoms with Gasteiger partial charge in [-0.15, -0.1) is 0 Å². The first-order valence-electron chi connectivity index (χ1n) is 5.43. The van der Waals surface area contributed by atoms with Crippen LogP contribution >= 0.6 is 12.2 Å². The zero-order valence-corrected chi connectivity index (χ0v) is 10.7. The van der Waals surface area contributed by atoms with E-state index in [0.717, 1.165) is 12.2 Å². The summed E-state index contributed by atoms with van der Waals surface area (Å²) in [5.74, 6) is 1.32. The van der Waals surface area contributed by atoms with Crippen molar-refractivity contribution in [1.82, 2.24) is 9.97 Å². The molecule has 1 aromatic heterocycles. The smallest absolute Gasteiger partial charge is 0.144 e. The number of anilines is 1. The second-order valence-corrected chi connectivity index (χ2v) is 4.49. The third-order valence-corrected chi connectivity index (χ3v) is 2.69. The van der Waals surface area contributed by atoms with Gasteiger partial charge >= 0.3 is 0 Å². The molecule has 0 aliphatic carbocycles. The minimum absolute atomic E-state index is 0.273. The zero-order valence-electron chi connectivity index (χ0n) is 9.90. The van der Waals surface area contributed by atoms with E-state index < -0.39 is 0 Å². The highest BCUT2D eigenvalue weighted by Gasteiger charge is 2.11. The van der Waals surface area contributed by atoms with Gasteiger partial charge in [-0.3, -0.25) is 0 Å². The van der Waals surface area contributed by atoms with Crippen molar-refractivity contribution in [2.45, 2.75) is 33.2 Å². The van der Waals surface area contributed by atoms with E-state index >= 15 is 0 Å². The van der Waals surface area contributed by atoms with E-state index in [1.165, 1.54) is 0 Å². The lowest BCUT2D eigenvalue weighted by Crippen LogP contribution is -2.25. The molecule has 0 aliphatic heterocycles. The Kier molecular flexibility index (Phi) is 4.61.